The highest BCUT2D eigenvalue weighted by Crippen LogP contribution is 2.33. The maximum absolute atomic E-state index is 12.7. The molecule has 0 bridgehead atoms. The van der Waals surface area contributed by atoms with Crippen LogP contribution in [0, 0.1) is 5.92 Å². The monoisotopic (exact) mass is 292 g/mol. The zero-order valence-corrected chi connectivity index (χ0v) is 11.0. The third kappa shape index (κ3) is 3.27. The lowest BCUT2D eigenvalue weighted by molar-refractivity contribution is -0.188. The smallest absolute Gasteiger partial charge is 0.340 e. The normalized spacial score (nSPS) is 22.3. The fourth-order valence-corrected chi connectivity index (χ4v) is 2.95. The van der Waals surface area contributed by atoms with Gasteiger partial charge in [-0.25, -0.2) is 0 Å². The Kier molecular flexibility index (Phi) is 4.15. The summed E-state index contributed by atoms with van der Waals surface area (Å²) in [6, 6.07) is 2.63. The minimum atomic E-state index is -4.24. The molecule has 1 saturated heterocycles. The van der Waals surface area contributed by atoms with E-state index in [1.807, 2.05) is 0 Å². The fourth-order valence-electron chi connectivity index (χ4n) is 2.23. The molecule has 0 spiro atoms. The van der Waals surface area contributed by atoms with Crippen LogP contribution in [0.3, 0.4) is 0 Å². The number of hydrogen-bond acceptors (Lipinski definition) is 3. The Balaban J connectivity index is 2.03. The molecule has 1 aliphatic rings. The minimum absolute atomic E-state index is 0.0848. The molecule has 2 heterocycles. The summed E-state index contributed by atoms with van der Waals surface area (Å²) in [7, 11) is 0. The predicted octanol–water partition coefficient (Wildman–Crippen LogP) is 2.55. The van der Waals surface area contributed by atoms with Crippen LogP contribution in [-0.4, -0.2) is 30.1 Å². The fraction of sp³-hybridized carbons (Fsp3) is 0.583. The molecule has 1 aromatic rings. The second-order valence-electron chi connectivity index (χ2n) is 4.66. The second-order valence-corrected chi connectivity index (χ2v) is 5.64. The summed E-state index contributed by atoms with van der Waals surface area (Å²) in [4.78, 5) is 14.0. The lowest BCUT2D eigenvalue weighted by atomic mass is 9.97. The third-order valence-corrected chi connectivity index (χ3v) is 4.27. The van der Waals surface area contributed by atoms with E-state index in [-0.39, 0.29) is 13.0 Å². The zero-order valence-electron chi connectivity index (χ0n) is 10.2. The van der Waals surface area contributed by atoms with Crippen LogP contribution in [0.2, 0.25) is 0 Å². The van der Waals surface area contributed by atoms with Gasteiger partial charge in [0.2, 0.25) is 5.91 Å². The molecule has 2 N–H and O–H groups in total. The van der Waals surface area contributed by atoms with E-state index < -0.39 is 24.0 Å². The van der Waals surface area contributed by atoms with E-state index in [9.17, 15) is 18.0 Å². The van der Waals surface area contributed by atoms with Gasteiger partial charge in [-0.15, -0.1) is 11.3 Å². The number of carbonyl (C=O) groups is 1. The van der Waals surface area contributed by atoms with Gasteiger partial charge >= 0.3 is 6.18 Å². The number of carbonyl (C=O) groups excluding carboxylic acids is 1. The van der Waals surface area contributed by atoms with Gasteiger partial charge in [0.05, 0.1) is 5.92 Å². The first-order valence-corrected chi connectivity index (χ1v) is 6.92. The van der Waals surface area contributed by atoms with Gasteiger partial charge in [0.15, 0.2) is 0 Å². The summed E-state index contributed by atoms with van der Waals surface area (Å²) in [5.41, 5.74) is 5.81. The van der Waals surface area contributed by atoms with Gasteiger partial charge in [-0.05, 0) is 24.3 Å². The highest BCUT2D eigenvalue weighted by Gasteiger charge is 2.43. The number of hydrogen-bond donors (Lipinski definition) is 1. The number of thiophene rings is 1. The molecule has 0 saturated carbocycles. The summed E-state index contributed by atoms with van der Waals surface area (Å²) in [6.07, 6.45) is -3.79. The number of amides is 1. The SMILES string of the molecule is NC(C(=O)N1CCCC(C(F)(F)F)C1)c1cccs1. The topological polar surface area (TPSA) is 46.3 Å². The Morgan fingerprint density at radius 2 is 2.26 bits per heavy atom. The van der Waals surface area contributed by atoms with Crippen molar-refractivity contribution < 1.29 is 18.0 Å². The Morgan fingerprint density at radius 3 is 2.84 bits per heavy atom. The lowest BCUT2D eigenvalue weighted by Gasteiger charge is -2.34. The Hall–Kier alpha value is -1.08. The van der Waals surface area contributed by atoms with Crippen molar-refractivity contribution in [3.05, 3.63) is 22.4 Å². The number of halogens is 3. The van der Waals surface area contributed by atoms with E-state index in [0.717, 1.165) is 0 Å². The Labute approximate surface area is 113 Å². The number of likely N-dealkylation sites (tertiary alicyclic amines) is 1. The van der Waals surface area contributed by atoms with Crippen molar-refractivity contribution in [1.82, 2.24) is 4.90 Å². The van der Waals surface area contributed by atoms with Gasteiger partial charge in [-0.3, -0.25) is 4.79 Å². The van der Waals surface area contributed by atoms with Crippen LogP contribution >= 0.6 is 11.3 Å². The quantitative estimate of drug-likeness (QED) is 0.910. The van der Waals surface area contributed by atoms with Gasteiger partial charge in [0.25, 0.3) is 0 Å². The van der Waals surface area contributed by atoms with Gasteiger partial charge < -0.3 is 10.6 Å². The van der Waals surface area contributed by atoms with E-state index in [1.54, 1.807) is 17.5 Å². The van der Waals surface area contributed by atoms with Crippen molar-refractivity contribution in [1.29, 1.82) is 0 Å². The lowest BCUT2D eigenvalue weighted by Crippen LogP contribution is -2.47. The van der Waals surface area contributed by atoms with Crippen LogP contribution in [-0.2, 0) is 4.79 Å². The average Bonchev–Trinajstić information content (AvgIpc) is 2.90. The summed E-state index contributed by atoms with van der Waals surface area (Å²) in [6.45, 7) is 0.0753. The molecule has 2 atom stereocenters. The van der Waals surface area contributed by atoms with Crippen LogP contribution in [0.25, 0.3) is 0 Å². The summed E-state index contributed by atoms with van der Waals surface area (Å²) < 4.78 is 38.1. The zero-order chi connectivity index (χ0) is 14.0. The number of piperidine rings is 1. The predicted molar refractivity (Wildman–Crippen MR) is 66.6 cm³/mol. The van der Waals surface area contributed by atoms with Gasteiger partial charge in [-0.1, -0.05) is 6.07 Å². The summed E-state index contributed by atoms with van der Waals surface area (Å²) >= 11 is 1.33. The molecule has 0 aliphatic carbocycles. The maximum Gasteiger partial charge on any atom is 0.393 e. The largest absolute Gasteiger partial charge is 0.393 e. The Bertz CT molecular complexity index is 433. The molecular weight excluding hydrogens is 277 g/mol. The highest BCUT2D eigenvalue weighted by molar-refractivity contribution is 7.10. The Morgan fingerprint density at radius 1 is 1.53 bits per heavy atom. The first-order chi connectivity index (χ1) is 8.89. The standard InChI is InChI=1S/C12H15F3N2OS/c13-12(14,15)8-3-1-5-17(7-8)11(18)10(16)9-4-2-6-19-9/h2,4,6,8,10H,1,3,5,7,16H2. The van der Waals surface area contributed by atoms with Crippen LogP contribution in [0.15, 0.2) is 17.5 Å². The maximum atomic E-state index is 12.7. The van der Waals surface area contributed by atoms with Gasteiger partial charge in [0.1, 0.15) is 6.04 Å². The molecule has 0 radical (unpaired) electrons. The molecule has 7 heteroatoms. The average molecular weight is 292 g/mol. The van der Waals surface area contributed by atoms with Gasteiger partial charge in [-0.2, -0.15) is 13.2 Å². The molecule has 1 aliphatic heterocycles. The van der Waals surface area contributed by atoms with Gasteiger partial charge in [0, 0.05) is 18.0 Å². The van der Waals surface area contributed by atoms with Crippen LogP contribution in [0.4, 0.5) is 13.2 Å². The van der Waals surface area contributed by atoms with E-state index in [4.69, 9.17) is 5.73 Å². The van der Waals surface area contributed by atoms with Crippen molar-refractivity contribution in [2.75, 3.05) is 13.1 Å². The molecule has 1 aromatic heterocycles. The van der Waals surface area contributed by atoms with E-state index in [0.29, 0.717) is 17.8 Å². The van der Waals surface area contributed by atoms with E-state index in [2.05, 4.69) is 0 Å². The molecule has 19 heavy (non-hydrogen) atoms. The molecule has 2 unspecified atom stereocenters. The molecule has 3 nitrogen and oxygen atoms in total. The summed E-state index contributed by atoms with van der Waals surface area (Å²) in [5.74, 6) is -1.85. The molecule has 106 valence electrons. The van der Waals surface area contributed by atoms with Crippen LogP contribution in [0.5, 0.6) is 0 Å². The second kappa shape index (κ2) is 5.50. The highest BCUT2D eigenvalue weighted by atomic mass is 32.1. The molecule has 0 aromatic carbocycles. The first kappa shape index (κ1) is 14.3. The number of nitrogens with two attached hydrogens (primary N) is 1. The molecular formula is C12H15F3N2OS. The molecule has 1 amide bonds. The summed E-state index contributed by atoms with van der Waals surface area (Å²) in [5, 5.41) is 1.79. The number of alkyl halides is 3. The minimum Gasteiger partial charge on any atom is -0.340 e. The number of nitrogens with zero attached hydrogens (tertiary/aromatic N) is 1. The van der Waals surface area contributed by atoms with E-state index in [1.165, 1.54) is 16.2 Å². The first-order valence-electron chi connectivity index (χ1n) is 6.04. The van der Waals surface area contributed by atoms with Crippen molar-refractivity contribution in [2.45, 2.75) is 25.1 Å². The van der Waals surface area contributed by atoms with Crippen molar-refractivity contribution in [2.24, 2.45) is 11.7 Å². The number of rotatable bonds is 2. The van der Waals surface area contributed by atoms with Crippen LogP contribution < -0.4 is 5.73 Å². The van der Waals surface area contributed by atoms with Crippen molar-refractivity contribution in [3.8, 4) is 0 Å². The third-order valence-electron chi connectivity index (χ3n) is 3.31. The van der Waals surface area contributed by atoms with E-state index >= 15 is 0 Å². The van der Waals surface area contributed by atoms with Crippen molar-refractivity contribution in [3.63, 3.8) is 0 Å². The molecule has 2 rings (SSSR count). The van der Waals surface area contributed by atoms with Crippen molar-refractivity contribution >= 4 is 17.2 Å². The molecule has 1 fully saturated rings. The van der Waals surface area contributed by atoms with Crippen LogP contribution in [0.1, 0.15) is 23.8 Å².